The molecule has 2 unspecified atom stereocenters. The number of ether oxygens (including phenoxy) is 6. The summed E-state index contributed by atoms with van der Waals surface area (Å²) in [7, 11) is 0. The number of carbonyl (C=O) groups excluding carboxylic acids is 9. The van der Waals surface area contributed by atoms with Gasteiger partial charge >= 0.3 is 18.2 Å². The summed E-state index contributed by atoms with van der Waals surface area (Å²) in [5, 5.41) is 39.4. The van der Waals surface area contributed by atoms with E-state index in [1.54, 1.807) is 30.6 Å². The molecule has 568 valence electrons. The summed E-state index contributed by atoms with van der Waals surface area (Å²) in [6, 6.07) is 16.7. The number of hydrogen-bond donors (Lipinski definition) is 11. The van der Waals surface area contributed by atoms with Gasteiger partial charge in [0.2, 0.25) is 35.4 Å². The number of benzene rings is 2. The number of pyridine rings is 2. The highest BCUT2D eigenvalue weighted by Gasteiger charge is 2.27. The van der Waals surface area contributed by atoms with Crippen LogP contribution >= 0.6 is 46.4 Å². The minimum Gasteiger partial charge on any atom is -0.481 e. The first-order valence-electron chi connectivity index (χ1n) is 34.6. The molecule has 2 heterocycles. The summed E-state index contributed by atoms with van der Waals surface area (Å²) < 4.78 is 32.1. The van der Waals surface area contributed by atoms with Crippen LogP contribution in [0.3, 0.4) is 0 Å². The molecular formula is C70H98Cl4N12O17. The molecule has 0 aliphatic rings. The summed E-state index contributed by atoms with van der Waals surface area (Å²) in [5.74, 6) is -1.88. The Kier molecular flexibility index (Phi) is 46.2. The SMILES string of the molecule is O=CCC(NC(=O)[C@H](CCCCNC(=O)CCOCCOCCOC(=O)NCCCCNC(=O)OCCOCCOCCC(=O)NCCCC[C@H](NC(=O)CCCCNc1ccccn1)C(=O)NC(CC(=O)O)c1cc(Cl)cc(Cl)c1)NC(=O)CCCCNc1ccccn1)c1cc(Cl)cc(Cl)c1. The summed E-state index contributed by atoms with van der Waals surface area (Å²) >= 11 is 24.8. The first-order valence-corrected chi connectivity index (χ1v) is 36.1. The molecule has 0 spiro atoms. The minimum atomic E-state index is -1.17. The number of rotatable bonds is 57. The van der Waals surface area contributed by atoms with Crippen LogP contribution in [0.15, 0.2) is 85.2 Å². The van der Waals surface area contributed by atoms with E-state index >= 15 is 0 Å². The van der Waals surface area contributed by atoms with Crippen LogP contribution in [0.5, 0.6) is 0 Å². The molecule has 0 saturated heterocycles. The zero-order valence-electron chi connectivity index (χ0n) is 57.9. The number of anilines is 2. The van der Waals surface area contributed by atoms with Gasteiger partial charge in [0.05, 0.1) is 71.4 Å². The standard InChI is InChI=1S/C70H98Cl4N12O17/c71-52-43-50(44-53(72)47-52)56(21-32-87)85-67(94)57(83-64(90)19-5-11-26-77-60-17-3-9-24-75-60)15-1-7-28-79-62(88)22-33-98-35-37-100-39-41-102-69(96)81-30-13-14-31-82-70(97)103-42-40-101-38-36-99-34-23-63(89)80-29-8-2-16-58(84-65(91)20-6-12-27-78-61-18-4-10-25-76-61)68(95)86-59(49-66(92)93)51-45-54(73)48-55(74)46-51/h3-4,9-10,17-18,24-25,32,43-48,56-59H,1-2,5-8,11-16,19-23,26-31,33-42,49H2,(H,75,77)(H,76,78)(H,79,88)(H,80,89)(H,81,96)(H,82,97)(H,83,90)(H,84,91)(H,85,94)(H,86,95)(H,92,93)/t56?,57-,58-,59?/m0/s1. The number of hydrogen-bond acceptors (Lipinski definition) is 20. The van der Waals surface area contributed by atoms with Gasteiger partial charge in [0.1, 0.15) is 43.2 Å². The maximum Gasteiger partial charge on any atom is 0.407 e. The third-order valence-electron chi connectivity index (χ3n) is 15.1. The molecule has 29 nitrogen and oxygen atoms in total. The first-order chi connectivity index (χ1) is 49.9. The van der Waals surface area contributed by atoms with Gasteiger partial charge in [-0.25, -0.2) is 19.6 Å². The Morgan fingerprint density at radius 1 is 0.417 bits per heavy atom. The molecule has 0 saturated carbocycles. The Hall–Kier alpha value is -8.16. The highest BCUT2D eigenvalue weighted by Crippen LogP contribution is 2.27. The molecule has 0 radical (unpaired) electrons. The van der Waals surface area contributed by atoms with Gasteiger partial charge in [-0.3, -0.25) is 33.6 Å². The van der Waals surface area contributed by atoms with Gasteiger partial charge in [-0.05, 0) is 149 Å². The largest absolute Gasteiger partial charge is 0.481 e. The van der Waals surface area contributed by atoms with E-state index in [1.165, 1.54) is 18.2 Å². The third kappa shape index (κ3) is 42.9. The van der Waals surface area contributed by atoms with Gasteiger partial charge in [0.25, 0.3) is 0 Å². The number of nitrogens with one attached hydrogen (secondary N) is 10. The molecule has 33 heteroatoms. The second-order valence-electron chi connectivity index (χ2n) is 23.4. The number of nitrogens with zero attached hydrogens (tertiary/aromatic N) is 2. The number of amides is 8. The Morgan fingerprint density at radius 2 is 0.796 bits per heavy atom. The first kappa shape index (κ1) is 87.2. The van der Waals surface area contributed by atoms with Gasteiger partial charge in [0, 0.05) is 104 Å². The van der Waals surface area contributed by atoms with E-state index in [4.69, 9.17) is 74.8 Å². The summed E-state index contributed by atoms with van der Waals surface area (Å²) in [4.78, 5) is 134. The van der Waals surface area contributed by atoms with E-state index in [0.717, 1.165) is 11.6 Å². The van der Waals surface area contributed by atoms with E-state index in [-0.39, 0.29) is 145 Å². The van der Waals surface area contributed by atoms with Crippen molar-refractivity contribution in [2.45, 2.75) is 140 Å². The molecule has 4 atom stereocenters. The van der Waals surface area contributed by atoms with Crippen molar-refractivity contribution < 1.29 is 81.5 Å². The number of carbonyl (C=O) groups is 10. The fraction of sp³-hybridized carbons (Fsp3) is 0.543. The topological polar surface area (TPSA) is 392 Å². The second kappa shape index (κ2) is 54.5. The normalized spacial score (nSPS) is 12.1. The molecule has 0 fully saturated rings. The van der Waals surface area contributed by atoms with Crippen LogP contribution in [-0.2, 0) is 66.8 Å². The molecule has 0 bridgehead atoms. The Labute approximate surface area is 620 Å². The molecular weight excluding hydrogens is 1420 g/mol. The van der Waals surface area contributed by atoms with Crippen LogP contribution in [-0.4, -0.2) is 192 Å². The molecule has 0 aliphatic carbocycles. The van der Waals surface area contributed by atoms with Gasteiger partial charge in [-0.15, -0.1) is 0 Å². The van der Waals surface area contributed by atoms with Gasteiger partial charge in [-0.2, -0.15) is 0 Å². The lowest BCUT2D eigenvalue weighted by Crippen LogP contribution is -2.48. The number of carboxylic acid groups (broad SMARTS) is 1. The lowest BCUT2D eigenvalue weighted by molar-refractivity contribution is -0.138. The lowest BCUT2D eigenvalue weighted by Gasteiger charge is -2.23. The number of aromatic nitrogens is 2. The number of aliphatic carboxylic acids is 1. The molecule has 2 aromatic carbocycles. The smallest absolute Gasteiger partial charge is 0.407 e. The van der Waals surface area contributed by atoms with Crippen molar-refractivity contribution in [2.24, 2.45) is 0 Å². The van der Waals surface area contributed by atoms with Crippen molar-refractivity contribution in [1.82, 2.24) is 52.5 Å². The molecule has 4 rings (SSSR count). The Balaban J connectivity index is 0.945. The summed E-state index contributed by atoms with van der Waals surface area (Å²) in [6.45, 7) is 3.81. The fourth-order valence-corrected chi connectivity index (χ4v) is 10.9. The molecule has 0 aliphatic heterocycles. The minimum absolute atomic E-state index is 0.000779. The Bertz CT molecular complexity index is 3130. The Morgan fingerprint density at radius 3 is 1.20 bits per heavy atom. The van der Waals surface area contributed by atoms with Crippen LogP contribution in [0.25, 0.3) is 0 Å². The van der Waals surface area contributed by atoms with E-state index in [1.807, 2.05) is 36.4 Å². The number of carboxylic acids is 1. The van der Waals surface area contributed by atoms with Crippen molar-refractivity contribution in [3.63, 3.8) is 0 Å². The third-order valence-corrected chi connectivity index (χ3v) is 15.9. The van der Waals surface area contributed by atoms with Crippen LogP contribution in [0.1, 0.15) is 139 Å². The van der Waals surface area contributed by atoms with Gasteiger partial charge in [-0.1, -0.05) is 58.5 Å². The average Bonchev–Trinajstić information content (AvgIpc) is 0.879. The van der Waals surface area contributed by atoms with E-state index in [0.29, 0.717) is 131 Å². The summed E-state index contributed by atoms with van der Waals surface area (Å²) in [6.07, 6.45) is 8.84. The molecule has 11 N–H and O–H groups in total. The predicted octanol–water partition coefficient (Wildman–Crippen LogP) is 8.36. The van der Waals surface area contributed by atoms with E-state index in [2.05, 4.69) is 63.1 Å². The number of unbranched alkanes of at least 4 members (excludes halogenated alkanes) is 5. The monoisotopic (exact) mass is 1520 g/mol. The summed E-state index contributed by atoms with van der Waals surface area (Å²) in [5.41, 5.74) is 0.935. The molecule has 103 heavy (non-hydrogen) atoms. The molecule has 4 aromatic rings. The second-order valence-corrected chi connectivity index (χ2v) is 25.2. The van der Waals surface area contributed by atoms with Crippen LogP contribution < -0.4 is 53.2 Å². The van der Waals surface area contributed by atoms with Crippen molar-refractivity contribution >= 4 is 118 Å². The van der Waals surface area contributed by atoms with Crippen molar-refractivity contribution in [3.05, 3.63) is 116 Å². The predicted molar refractivity (Wildman–Crippen MR) is 389 cm³/mol. The van der Waals surface area contributed by atoms with E-state index < -0.39 is 60.6 Å². The maximum atomic E-state index is 13.7. The zero-order chi connectivity index (χ0) is 74.5. The quantitative estimate of drug-likeness (QED) is 0.0146. The van der Waals surface area contributed by atoms with Crippen molar-refractivity contribution in [2.75, 3.05) is 116 Å². The van der Waals surface area contributed by atoms with Crippen LogP contribution in [0, 0.1) is 0 Å². The highest BCUT2D eigenvalue weighted by atomic mass is 35.5. The number of halogens is 4. The maximum absolute atomic E-state index is 13.7. The molecule has 2 aromatic heterocycles. The fourth-order valence-electron chi connectivity index (χ4n) is 9.83. The number of aldehydes is 1. The average molecular weight is 1520 g/mol. The molecule has 8 amide bonds. The van der Waals surface area contributed by atoms with Gasteiger partial charge in [0.15, 0.2) is 0 Å². The number of alkyl carbamates (subject to hydrolysis) is 2. The zero-order valence-corrected chi connectivity index (χ0v) is 60.9. The van der Waals surface area contributed by atoms with Crippen LogP contribution in [0.4, 0.5) is 21.2 Å². The van der Waals surface area contributed by atoms with E-state index in [9.17, 15) is 53.1 Å². The highest BCUT2D eigenvalue weighted by molar-refractivity contribution is 6.35. The van der Waals surface area contributed by atoms with Crippen molar-refractivity contribution in [1.29, 1.82) is 0 Å². The van der Waals surface area contributed by atoms with Crippen LogP contribution in [0.2, 0.25) is 20.1 Å². The van der Waals surface area contributed by atoms with Crippen molar-refractivity contribution in [3.8, 4) is 0 Å². The van der Waals surface area contributed by atoms with Gasteiger partial charge < -0.3 is 91.5 Å². The lowest BCUT2D eigenvalue weighted by atomic mass is 10.0.